The highest BCUT2D eigenvalue weighted by Gasteiger charge is 2.19. The Labute approximate surface area is 192 Å². The van der Waals surface area contributed by atoms with Crippen molar-refractivity contribution in [3.63, 3.8) is 0 Å². The Bertz CT molecular complexity index is 1140. The lowest BCUT2D eigenvalue weighted by Crippen LogP contribution is -2.18. The Morgan fingerprint density at radius 1 is 1.19 bits per heavy atom. The fraction of sp³-hybridized carbons (Fsp3) is 0.190. The number of anilines is 1. The Hall–Kier alpha value is -3.44. The van der Waals surface area contributed by atoms with Gasteiger partial charge in [-0.05, 0) is 29.6 Å². The van der Waals surface area contributed by atoms with Crippen molar-refractivity contribution >= 4 is 46.6 Å². The van der Waals surface area contributed by atoms with Crippen LogP contribution < -0.4 is 5.32 Å². The van der Waals surface area contributed by atoms with Gasteiger partial charge in [0.15, 0.2) is 11.0 Å². The zero-order chi connectivity index (χ0) is 23.1. The van der Waals surface area contributed by atoms with Gasteiger partial charge in [-0.2, -0.15) is 0 Å². The smallest absolute Gasteiger partial charge is 0.339 e. The van der Waals surface area contributed by atoms with E-state index in [1.807, 2.05) is 22.1 Å². The van der Waals surface area contributed by atoms with Gasteiger partial charge in [-0.3, -0.25) is 9.36 Å². The van der Waals surface area contributed by atoms with Gasteiger partial charge in [-0.15, -0.1) is 28.1 Å². The molecule has 2 heterocycles. The number of aromatic nitrogens is 3. The average Bonchev–Trinajstić information content (AvgIpc) is 3.47. The van der Waals surface area contributed by atoms with Gasteiger partial charge < -0.3 is 14.8 Å². The highest BCUT2D eigenvalue weighted by molar-refractivity contribution is 7.99. The van der Waals surface area contributed by atoms with Crippen molar-refractivity contribution in [2.45, 2.75) is 11.7 Å². The first-order chi connectivity index (χ1) is 15.5. The van der Waals surface area contributed by atoms with E-state index >= 15 is 0 Å². The van der Waals surface area contributed by atoms with E-state index in [4.69, 9.17) is 9.47 Å². The van der Waals surface area contributed by atoms with Gasteiger partial charge in [-0.1, -0.05) is 23.9 Å². The minimum Gasteiger partial charge on any atom is -0.465 e. The molecule has 1 amide bonds. The number of nitrogens with one attached hydrogen (secondary N) is 1. The third-order valence-corrected chi connectivity index (χ3v) is 6.06. The number of carbonyl (C=O) groups is 3. The van der Waals surface area contributed by atoms with Crippen LogP contribution in [-0.2, 0) is 20.8 Å². The maximum Gasteiger partial charge on any atom is 0.339 e. The van der Waals surface area contributed by atoms with Crippen molar-refractivity contribution in [1.82, 2.24) is 14.8 Å². The number of amides is 1. The monoisotopic (exact) mass is 472 g/mol. The predicted molar refractivity (Wildman–Crippen MR) is 122 cm³/mol. The second-order valence-corrected chi connectivity index (χ2v) is 8.15. The lowest BCUT2D eigenvalue weighted by molar-refractivity contribution is -0.113. The summed E-state index contributed by atoms with van der Waals surface area (Å²) >= 11 is 2.73. The van der Waals surface area contributed by atoms with Crippen LogP contribution in [0, 0.1) is 0 Å². The molecule has 0 aliphatic heterocycles. The van der Waals surface area contributed by atoms with Crippen molar-refractivity contribution < 1.29 is 23.9 Å². The molecule has 166 valence electrons. The van der Waals surface area contributed by atoms with Crippen LogP contribution in [-0.4, -0.2) is 52.6 Å². The van der Waals surface area contributed by atoms with Gasteiger partial charge in [0, 0.05) is 6.54 Å². The number of carbonyl (C=O) groups excluding carboxylic acids is 3. The molecule has 0 saturated heterocycles. The van der Waals surface area contributed by atoms with Gasteiger partial charge in [0.2, 0.25) is 5.91 Å². The second-order valence-electron chi connectivity index (χ2n) is 6.26. The van der Waals surface area contributed by atoms with Crippen molar-refractivity contribution in [3.05, 3.63) is 59.5 Å². The van der Waals surface area contributed by atoms with Crippen molar-refractivity contribution in [2.75, 3.05) is 25.3 Å². The molecule has 0 atom stereocenters. The van der Waals surface area contributed by atoms with Crippen LogP contribution in [0.2, 0.25) is 0 Å². The lowest BCUT2D eigenvalue weighted by atomic mass is 10.1. The topological polar surface area (TPSA) is 112 Å². The van der Waals surface area contributed by atoms with Crippen molar-refractivity contribution in [1.29, 1.82) is 0 Å². The molecule has 1 aromatic carbocycles. The fourth-order valence-corrected chi connectivity index (χ4v) is 4.24. The Morgan fingerprint density at radius 3 is 2.62 bits per heavy atom. The van der Waals surface area contributed by atoms with Crippen LogP contribution in [0.15, 0.2) is 53.5 Å². The van der Waals surface area contributed by atoms with E-state index < -0.39 is 17.8 Å². The summed E-state index contributed by atoms with van der Waals surface area (Å²) in [5.41, 5.74) is 0.458. The molecule has 1 N–H and O–H groups in total. The summed E-state index contributed by atoms with van der Waals surface area (Å²) in [6.07, 6.45) is 1.73. The first-order valence-corrected chi connectivity index (χ1v) is 11.2. The highest BCUT2D eigenvalue weighted by Crippen LogP contribution is 2.27. The van der Waals surface area contributed by atoms with E-state index in [9.17, 15) is 14.4 Å². The number of methoxy groups -OCH3 is 2. The van der Waals surface area contributed by atoms with E-state index in [-0.39, 0.29) is 22.6 Å². The summed E-state index contributed by atoms with van der Waals surface area (Å²) in [6, 6.07) is 8.06. The molecule has 0 aliphatic rings. The number of benzene rings is 1. The second kappa shape index (κ2) is 10.7. The minimum absolute atomic E-state index is 0.00276. The van der Waals surface area contributed by atoms with E-state index in [2.05, 4.69) is 22.1 Å². The molecule has 9 nitrogen and oxygen atoms in total. The summed E-state index contributed by atoms with van der Waals surface area (Å²) in [5, 5.41) is 13.6. The Kier molecular flexibility index (Phi) is 7.79. The largest absolute Gasteiger partial charge is 0.465 e. The van der Waals surface area contributed by atoms with Crippen molar-refractivity contribution in [2.24, 2.45) is 0 Å². The molecule has 3 aromatic rings. The Balaban J connectivity index is 1.77. The van der Waals surface area contributed by atoms with Gasteiger partial charge in [0.25, 0.3) is 0 Å². The van der Waals surface area contributed by atoms with Crippen LogP contribution >= 0.6 is 23.1 Å². The first kappa shape index (κ1) is 23.2. The summed E-state index contributed by atoms with van der Waals surface area (Å²) in [5.74, 6) is -0.932. The fourth-order valence-electron chi connectivity index (χ4n) is 2.77. The normalized spacial score (nSPS) is 10.4. The average molecular weight is 473 g/mol. The number of thiophene rings is 1. The molecule has 0 radical (unpaired) electrons. The van der Waals surface area contributed by atoms with Gasteiger partial charge in [-0.25, -0.2) is 9.59 Å². The van der Waals surface area contributed by atoms with E-state index in [0.717, 1.165) is 4.88 Å². The number of hydrogen-bond acceptors (Lipinski definition) is 9. The molecule has 32 heavy (non-hydrogen) atoms. The molecular weight excluding hydrogens is 452 g/mol. The molecule has 0 aliphatic carbocycles. The number of nitrogens with zero attached hydrogens (tertiary/aromatic N) is 3. The standard InChI is InChI=1S/C21H20N4O5S2/c1-4-9-25-18(16-6-5-10-31-16)23-24-21(25)32-12-17(26)22-15-11-13(19(27)29-2)7-8-14(15)20(28)30-3/h4-8,10-11H,1,9,12H2,2-3H3,(H,22,26). The van der Waals surface area contributed by atoms with Crippen LogP contribution in [0.4, 0.5) is 5.69 Å². The van der Waals surface area contributed by atoms with Crippen LogP contribution in [0.25, 0.3) is 10.7 Å². The molecule has 0 spiro atoms. The number of allylic oxidation sites excluding steroid dienone is 1. The molecule has 0 unspecified atom stereocenters. The summed E-state index contributed by atoms with van der Waals surface area (Å²) in [6.45, 7) is 4.25. The zero-order valence-electron chi connectivity index (χ0n) is 17.4. The third-order valence-electron chi connectivity index (χ3n) is 4.22. The van der Waals surface area contributed by atoms with E-state index in [1.165, 1.54) is 55.5 Å². The first-order valence-electron chi connectivity index (χ1n) is 9.29. The quantitative estimate of drug-likeness (QED) is 0.286. The number of ether oxygens (including phenoxy) is 2. The molecule has 3 rings (SSSR count). The molecule has 11 heteroatoms. The maximum absolute atomic E-state index is 12.6. The van der Waals surface area contributed by atoms with Crippen LogP contribution in [0.5, 0.6) is 0 Å². The number of esters is 2. The number of hydrogen-bond donors (Lipinski definition) is 1. The summed E-state index contributed by atoms with van der Waals surface area (Å²) in [7, 11) is 2.48. The summed E-state index contributed by atoms with van der Waals surface area (Å²) < 4.78 is 11.3. The number of rotatable bonds is 9. The van der Waals surface area contributed by atoms with Crippen molar-refractivity contribution in [3.8, 4) is 10.7 Å². The Morgan fingerprint density at radius 2 is 1.97 bits per heavy atom. The minimum atomic E-state index is -0.643. The molecule has 0 saturated carbocycles. The molecular formula is C21H20N4O5S2. The van der Waals surface area contributed by atoms with Gasteiger partial charge in [0.1, 0.15) is 0 Å². The van der Waals surface area contributed by atoms with Crippen LogP contribution in [0.1, 0.15) is 20.7 Å². The van der Waals surface area contributed by atoms with E-state index in [1.54, 1.807) is 6.08 Å². The molecule has 0 fully saturated rings. The molecule has 2 aromatic heterocycles. The number of thioether (sulfide) groups is 1. The van der Waals surface area contributed by atoms with Gasteiger partial charge in [0.05, 0.1) is 41.7 Å². The van der Waals surface area contributed by atoms with E-state index in [0.29, 0.717) is 17.5 Å². The highest BCUT2D eigenvalue weighted by atomic mass is 32.2. The van der Waals surface area contributed by atoms with Gasteiger partial charge >= 0.3 is 11.9 Å². The summed E-state index contributed by atoms with van der Waals surface area (Å²) in [4.78, 5) is 37.5. The maximum atomic E-state index is 12.6. The third kappa shape index (κ3) is 5.24. The SMILES string of the molecule is C=CCn1c(SCC(=O)Nc2cc(C(=O)OC)ccc2C(=O)OC)nnc1-c1cccs1. The van der Waals surface area contributed by atoms with Crippen LogP contribution in [0.3, 0.4) is 0 Å². The predicted octanol–water partition coefficient (Wildman–Crippen LogP) is 3.50. The molecule has 0 bridgehead atoms. The zero-order valence-corrected chi connectivity index (χ0v) is 19.0. The lowest BCUT2D eigenvalue weighted by Gasteiger charge is -2.11.